The molecule has 0 saturated carbocycles. The molecule has 142 valence electrons. The highest BCUT2D eigenvalue weighted by Gasteiger charge is 2.24. The van der Waals surface area contributed by atoms with E-state index in [1.807, 2.05) is 30.3 Å². The first-order chi connectivity index (χ1) is 12.5. The summed E-state index contributed by atoms with van der Waals surface area (Å²) in [7, 11) is -3.53. The molecule has 1 atom stereocenters. The Hall–Kier alpha value is -1.47. The molecule has 0 aliphatic carbocycles. The fourth-order valence-corrected chi connectivity index (χ4v) is 4.58. The lowest BCUT2D eigenvalue weighted by molar-refractivity contribution is 0.0134. The second-order valence-corrected chi connectivity index (χ2v) is 9.06. The Morgan fingerprint density at radius 3 is 2.46 bits per heavy atom. The van der Waals surface area contributed by atoms with Gasteiger partial charge in [0.15, 0.2) is 0 Å². The lowest BCUT2D eigenvalue weighted by Gasteiger charge is -2.35. The van der Waals surface area contributed by atoms with Gasteiger partial charge in [0.1, 0.15) is 0 Å². The van der Waals surface area contributed by atoms with Crippen LogP contribution in [0.3, 0.4) is 0 Å². The van der Waals surface area contributed by atoms with Crippen molar-refractivity contribution in [1.82, 2.24) is 9.62 Å². The van der Waals surface area contributed by atoms with Crippen LogP contribution in [0.1, 0.15) is 20.3 Å². The Morgan fingerprint density at radius 1 is 1.08 bits per heavy atom. The van der Waals surface area contributed by atoms with Gasteiger partial charge in [-0.15, -0.1) is 0 Å². The van der Waals surface area contributed by atoms with Crippen molar-refractivity contribution in [2.24, 2.45) is 5.92 Å². The molecule has 26 heavy (non-hydrogen) atoms. The van der Waals surface area contributed by atoms with E-state index in [2.05, 4.69) is 23.5 Å². The summed E-state index contributed by atoms with van der Waals surface area (Å²) < 4.78 is 33.9. The average Bonchev–Trinajstić information content (AvgIpc) is 2.65. The largest absolute Gasteiger partial charge is 0.379 e. The van der Waals surface area contributed by atoms with E-state index in [0.29, 0.717) is 30.6 Å². The normalized spacial score (nSPS) is 17.7. The summed E-state index contributed by atoms with van der Waals surface area (Å²) in [6.45, 7) is 7.91. The van der Waals surface area contributed by atoms with Crippen LogP contribution >= 0.6 is 0 Å². The minimum absolute atomic E-state index is 0.189. The Kier molecular flexibility index (Phi) is 6.29. The van der Waals surface area contributed by atoms with Crippen LogP contribution in [-0.2, 0) is 14.8 Å². The molecular weight excluding hydrogens is 348 g/mol. The quantitative estimate of drug-likeness (QED) is 0.807. The van der Waals surface area contributed by atoms with Crippen molar-refractivity contribution in [3.8, 4) is 0 Å². The molecule has 3 rings (SSSR count). The fourth-order valence-electron chi connectivity index (χ4n) is 3.47. The maximum Gasteiger partial charge on any atom is 0.240 e. The third kappa shape index (κ3) is 4.82. The minimum atomic E-state index is -3.53. The number of benzene rings is 2. The van der Waals surface area contributed by atoms with E-state index < -0.39 is 10.0 Å². The maximum absolute atomic E-state index is 12.8. The highest BCUT2D eigenvalue weighted by atomic mass is 32.2. The zero-order chi connectivity index (χ0) is 18.6. The third-order valence-corrected chi connectivity index (χ3v) is 6.27. The summed E-state index contributed by atoms with van der Waals surface area (Å²) in [6.07, 6.45) is 0.959. The molecule has 1 aliphatic heterocycles. The fraction of sp³-hybridized carbons (Fsp3) is 0.500. The highest BCUT2D eigenvalue weighted by Crippen LogP contribution is 2.19. The van der Waals surface area contributed by atoms with Crippen molar-refractivity contribution in [3.05, 3.63) is 42.5 Å². The number of morpholine rings is 1. The van der Waals surface area contributed by atoms with Crippen LogP contribution in [0.15, 0.2) is 47.4 Å². The number of nitrogens with one attached hydrogen (secondary N) is 1. The van der Waals surface area contributed by atoms with Gasteiger partial charge in [-0.3, -0.25) is 4.90 Å². The van der Waals surface area contributed by atoms with Crippen LogP contribution in [0.25, 0.3) is 10.8 Å². The lowest BCUT2D eigenvalue weighted by atomic mass is 10.0. The summed E-state index contributed by atoms with van der Waals surface area (Å²) >= 11 is 0. The van der Waals surface area contributed by atoms with E-state index in [4.69, 9.17) is 4.74 Å². The molecule has 0 spiro atoms. The summed E-state index contributed by atoms with van der Waals surface area (Å²) in [5, 5.41) is 1.97. The van der Waals surface area contributed by atoms with E-state index in [9.17, 15) is 8.42 Å². The van der Waals surface area contributed by atoms with Gasteiger partial charge in [0, 0.05) is 25.7 Å². The number of nitrogens with zero attached hydrogens (tertiary/aromatic N) is 1. The number of sulfonamides is 1. The van der Waals surface area contributed by atoms with Crippen LogP contribution in [0, 0.1) is 5.92 Å². The van der Waals surface area contributed by atoms with Crippen molar-refractivity contribution < 1.29 is 13.2 Å². The Balaban J connectivity index is 1.73. The molecule has 1 fully saturated rings. The number of ether oxygens (including phenoxy) is 1. The van der Waals surface area contributed by atoms with Crippen LogP contribution in [0.2, 0.25) is 0 Å². The van der Waals surface area contributed by atoms with Crippen molar-refractivity contribution in [2.75, 3.05) is 32.8 Å². The Morgan fingerprint density at radius 2 is 1.77 bits per heavy atom. The SMILES string of the molecule is CC(C)CC(CNS(=O)(=O)c1ccc2ccccc2c1)N1CCOCC1. The molecule has 2 aromatic carbocycles. The first-order valence-electron chi connectivity index (χ1n) is 9.26. The Bertz CT molecular complexity index is 830. The number of hydrogen-bond acceptors (Lipinski definition) is 4. The van der Waals surface area contributed by atoms with Gasteiger partial charge in [0.25, 0.3) is 0 Å². The van der Waals surface area contributed by atoms with Gasteiger partial charge in [-0.1, -0.05) is 44.2 Å². The van der Waals surface area contributed by atoms with Crippen LogP contribution in [0.4, 0.5) is 0 Å². The number of hydrogen-bond donors (Lipinski definition) is 1. The van der Waals surface area contributed by atoms with Gasteiger partial charge >= 0.3 is 0 Å². The van der Waals surface area contributed by atoms with E-state index in [1.54, 1.807) is 12.1 Å². The molecular formula is C20H28N2O3S. The molecule has 0 radical (unpaired) electrons. The molecule has 0 amide bonds. The molecule has 1 heterocycles. The van der Waals surface area contributed by atoms with Crippen LogP contribution in [-0.4, -0.2) is 52.2 Å². The first-order valence-corrected chi connectivity index (χ1v) is 10.7. The number of rotatable bonds is 7. The maximum atomic E-state index is 12.8. The summed E-state index contributed by atoms with van der Waals surface area (Å²) in [6, 6.07) is 13.3. The summed E-state index contributed by atoms with van der Waals surface area (Å²) in [5.41, 5.74) is 0. The minimum Gasteiger partial charge on any atom is -0.379 e. The molecule has 1 unspecified atom stereocenters. The van der Waals surface area contributed by atoms with Crippen LogP contribution < -0.4 is 4.72 Å². The Labute approximate surface area is 156 Å². The number of fused-ring (bicyclic) bond motifs is 1. The van der Waals surface area contributed by atoms with E-state index in [0.717, 1.165) is 30.3 Å². The van der Waals surface area contributed by atoms with Crippen molar-refractivity contribution >= 4 is 20.8 Å². The van der Waals surface area contributed by atoms with Gasteiger partial charge in [-0.05, 0) is 35.2 Å². The molecule has 0 bridgehead atoms. The van der Waals surface area contributed by atoms with Crippen molar-refractivity contribution in [3.63, 3.8) is 0 Å². The van der Waals surface area contributed by atoms with Gasteiger partial charge in [-0.25, -0.2) is 13.1 Å². The lowest BCUT2D eigenvalue weighted by Crippen LogP contribution is -2.49. The van der Waals surface area contributed by atoms with Crippen molar-refractivity contribution in [2.45, 2.75) is 31.2 Å². The second kappa shape index (κ2) is 8.48. The predicted molar refractivity (Wildman–Crippen MR) is 105 cm³/mol. The van der Waals surface area contributed by atoms with Gasteiger partial charge in [-0.2, -0.15) is 0 Å². The highest BCUT2D eigenvalue weighted by molar-refractivity contribution is 7.89. The van der Waals surface area contributed by atoms with E-state index >= 15 is 0 Å². The zero-order valence-corrected chi connectivity index (χ0v) is 16.3. The molecule has 1 aliphatic rings. The molecule has 5 nitrogen and oxygen atoms in total. The zero-order valence-electron chi connectivity index (χ0n) is 15.5. The average molecular weight is 377 g/mol. The smallest absolute Gasteiger partial charge is 0.240 e. The molecule has 2 aromatic rings. The molecule has 1 N–H and O–H groups in total. The van der Waals surface area contributed by atoms with Crippen molar-refractivity contribution in [1.29, 1.82) is 0 Å². The summed E-state index contributed by atoms with van der Waals surface area (Å²) in [5.74, 6) is 0.507. The van der Waals surface area contributed by atoms with Crippen LogP contribution in [0.5, 0.6) is 0 Å². The van der Waals surface area contributed by atoms with Gasteiger partial charge in [0.05, 0.1) is 18.1 Å². The topological polar surface area (TPSA) is 58.6 Å². The third-order valence-electron chi connectivity index (χ3n) is 4.85. The van der Waals surface area contributed by atoms with Gasteiger partial charge < -0.3 is 4.74 Å². The molecule has 0 aromatic heterocycles. The monoisotopic (exact) mass is 376 g/mol. The van der Waals surface area contributed by atoms with E-state index in [1.165, 1.54) is 0 Å². The standard InChI is InChI=1S/C20H28N2O3S/c1-16(2)13-19(22-9-11-25-12-10-22)15-21-26(23,24)20-8-7-17-5-3-4-6-18(17)14-20/h3-8,14,16,19,21H,9-13,15H2,1-2H3. The predicted octanol–water partition coefficient (Wildman–Crippen LogP) is 2.87. The van der Waals surface area contributed by atoms with Gasteiger partial charge in [0.2, 0.25) is 10.0 Å². The summed E-state index contributed by atoms with van der Waals surface area (Å²) in [4.78, 5) is 2.66. The second-order valence-electron chi connectivity index (χ2n) is 7.29. The molecule has 1 saturated heterocycles. The van der Waals surface area contributed by atoms with E-state index in [-0.39, 0.29) is 6.04 Å². The first kappa shape index (κ1) is 19.3. The molecule has 6 heteroatoms.